The van der Waals surface area contributed by atoms with E-state index >= 15 is 0 Å². The Morgan fingerprint density at radius 3 is 2.57 bits per heavy atom. The molecule has 4 nitrogen and oxygen atoms in total. The molecule has 0 aliphatic heterocycles. The van der Waals surface area contributed by atoms with Gasteiger partial charge in [-0.25, -0.2) is 4.79 Å². The molecule has 0 saturated carbocycles. The van der Waals surface area contributed by atoms with Gasteiger partial charge in [-0.1, -0.05) is 31.2 Å². The van der Waals surface area contributed by atoms with Crippen molar-refractivity contribution in [2.24, 2.45) is 0 Å². The second-order valence-corrected chi connectivity index (χ2v) is 6.10. The van der Waals surface area contributed by atoms with E-state index in [0.29, 0.717) is 13.2 Å². The summed E-state index contributed by atoms with van der Waals surface area (Å²) in [5, 5.41) is 3.04. The fourth-order valence-corrected chi connectivity index (χ4v) is 2.28. The van der Waals surface area contributed by atoms with Crippen molar-refractivity contribution < 1.29 is 9.53 Å². The molecule has 0 saturated heterocycles. The van der Waals surface area contributed by atoms with Crippen LogP contribution in [-0.4, -0.2) is 36.7 Å². The number of aryl methyl sites for hydroxylation is 1. The standard InChI is InChI=1S/C17H28N2O2/c1-6-11-19(12-15-10-8-7-9-14(15)2)16(20)18-17(3,4)13-21-5/h7-10H,6,11-13H2,1-5H3,(H,18,20). The minimum Gasteiger partial charge on any atom is -0.382 e. The number of carbonyl (C=O) groups is 1. The molecular formula is C17H28N2O2. The molecule has 0 spiro atoms. The Bertz CT molecular complexity index is 458. The molecule has 0 aromatic heterocycles. The van der Waals surface area contributed by atoms with Crippen molar-refractivity contribution in [1.29, 1.82) is 0 Å². The van der Waals surface area contributed by atoms with Crippen LogP contribution in [0.15, 0.2) is 24.3 Å². The van der Waals surface area contributed by atoms with E-state index in [1.807, 2.05) is 30.9 Å². The largest absolute Gasteiger partial charge is 0.382 e. The highest BCUT2D eigenvalue weighted by molar-refractivity contribution is 5.75. The molecule has 0 atom stereocenters. The van der Waals surface area contributed by atoms with Gasteiger partial charge in [-0.2, -0.15) is 0 Å². The molecule has 1 rings (SSSR count). The molecule has 0 bridgehead atoms. The van der Waals surface area contributed by atoms with Gasteiger partial charge < -0.3 is 15.0 Å². The van der Waals surface area contributed by atoms with E-state index in [4.69, 9.17) is 4.74 Å². The number of hydrogen-bond donors (Lipinski definition) is 1. The summed E-state index contributed by atoms with van der Waals surface area (Å²) >= 11 is 0. The van der Waals surface area contributed by atoms with E-state index in [2.05, 4.69) is 31.3 Å². The highest BCUT2D eigenvalue weighted by Crippen LogP contribution is 2.12. The topological polar surface area (TPSA) is 41.6 Å². The van der Waals surface area contributed by atoms with Crippen molar-refractivity contribution in [3.05, 3.63) is 35.4 Å². The van der Waals surface area contributed by atoms with Crippen LogP contribution in [0.25, 0.3) is 0 Å². The first-order valence-electron chi connectivity index (χ1n) is 7.50. The molecule has 0 aliphatic carbocycles. The van der Waals surface area contributed by atoms with E-state index in [0.717, 1.165) is 13.0 Å². The third-order valence-electron chi connectivity index (χ3n) is 3.35. The second kappa shape index (κ2) is 8.03. The van der Waals surface area contributed by atoms with Crippen molar-refractivity contribution in [2.75, 3.05) is 20.3 Å². The maximum Gasteiger partial charge on any atom is 0.318 e. The van der Waals surface area contributed by atoms with Crippen LogP contribution in [0.1, 0.15) is 38.3 Å². The Balaban J connectivity index is 2.77. The number of nitrogens with one attached hydrogen (secondary N) is 1. The molecule has 2 amide bonds. The third-order valence-corrected chi connectivity index (χ3v) is 3.35. The van der Waals surface area contributed by atoms with Gasteiger partial charge in [0.15, 0.2) is 0 Å². The normalized spacial score (nSPS) is 11.3. The van der Waals surface area contributed by atoms with Crippen molar-refractivity contribution in [2.45, 2.75) is 46.2 Å². The molecular weight excluding hydrogens is 264 g/mol. The Hall–Kier alpha value is -1.55. The zero-order valence-electron chi connectivity index (χ0n) is 13.9. The minimum atomic E-state index is -0.371. The van der Waals surface area contributed by atoms with Crippen LogP contribution in [-0.2, 0) is 11.3 Å². The monoisotopic (exact) mass is 292 g/mol. The fourth-order valence-electron chi connectivity index (χ4n) is 2.28. The van der Waals surface area contributed by atoms with Gasteiger partial charge in [0.25, 0.3) is 0 Å². The first-order valence-corrected chi connectivity index (χ1v) is 7.50. The maximum atomic E-state index is 12.5. The predicted octanol–water partition coefficient (Wildman–Crippen LogP) is 3.34. The zero-order chi connectivity index (χ0) is 15.9. The molecule has 1 N–H and O–H groups in total. The van der Waals surface area contributed by atoms with Crippen molar-refractivity contribution >= 4 is 6.03 Å². The van der Waals surface area contributed by atoms with E-state index in [9.17, 15) is 4.79 Å². The SMILES string of the molecule is CCCN(Cc1ccccc1C)C(=O)NC(C)(C)COC. The molecule has 21 heavy (non-hydrogen) atoms. The average Bonchev–Trinajstić information content (AvgIpc) is 2.39. The predicted molar refractivity (Wildman–Crippen MR) is 86.4 cm³/mol. The molecule has 0 fully saturated rings. The van der Waals surface area contributed by atoms with Crippen LogP contribution >= 0.6 is 0 Å². The van der Waals surface area contributed by atoms with E-state index in [-0.39, 0.29) is 11.6 Å². The summed E-state index contributed by atoms with van der Waals surface area (Å²) in [6.45, 7) is 9.95. The van der Waals surface area contributed by atoms with Crippen LogP contribution < -0.4 is 5.32 Å². The molecule has 0 unspecified atom stereocenters. The number of methoxy groups -OCH3 is 1. The van der Waals surface area contributed by atoms with Crippen LogP contribution in [0.4, 0.5) is 4.79 Å². The quantitative estimate of drug-likeness (QED) is 0.837. The van der Waals surface area contributed by atoms with E-state index < -0.39 is 0 Å². The van der Waals surface area contributed by atoms with Crippen molar-refractivity contribution in [3.8, 4) is 0 Å². The van der Waals surface area contributed by atoms with Gasteiger partial charge >= 0.3 is 6.03 Å². The van der Waals surface area contributed by atoms with E-state index in [1.54, 1.807) is 7.11 Å². The van der Waals surface area contributed by atoms with Crippen LogP contribution in [0.3, 0.4) is 0 Å². The highest BCUT2D eigenvalue weighted by Gasteiger charge is 2.23. The number of carbonyl (C=O) groups excluding carboxylic acids is 1. The lowest BCUT2D eigenvalue weighted by Crippen LogP contribution is -2.52. The Morgan fingerprint density at radius 2 is 2.00 bits per heavy atom. The van der Waals surface area contributed by atoms with Crippen LogP contribution in [0.2, 0.25) is 0 Å². The summed E-state index contributed by atoms with van der Waals surface area (Å²) in [4.78, 5) is 14.4. The first kappa shape index (κ1) is 17.5. The fraction of sp³-hybridized carbons (Fsp3) is 0.588. The van der Waals surface area contributed by atoms with Crippen LogP contribution in [0, 0.1) is 6.92 Å². The van der Waals surface area contributed by atoms with Gasteiger partial charge in [-0.05, 0) is 38.3 Å². The average molecular weight is 292 g/mol. The summed E-state index contributed by atoms with van der Waals surface area (Å²) in [5.41, 5.74) is 2.03. The van der Waals surface area contributed by atoms with Gasteiger partial charge in [0.2, 0.25) is 0 Å². The number of benzene rings is 1. The summed E-state index contributed by atoms with van der Waals surface area (Å²) < 4.78 is 5.15. The number of nitrogens with zero attached hydrogens (tertiary/aromatic N) is 1. The molecule has 0 aliphatic rings. The lowest BCUT2D eigenvalue weighted by molar-refractivity contribution is 0.122. The number of rotatable bonds is 7. The van der Waals surface area contributed by atoms with Gasteiger partial charge in [0.1, 0.15) is 0 Å². The number of amides is 2. The molecule has 118 valence electrons. The van der Waals surface area contributed by atoms with Crippen LogP contribution in [0.5, 0.6) is 0 Å². The zero-order valence-corrected chi connectivity index (χ0v) is 13.9. The number of urea groups is 1. The minimum absolute atomic E-state index is 0.0397. The summed E-state index contributed by atoms with van der Waals surface area (Å²) in [5.74, 6) is 0. The molecule has 0 radical (unpaired) electrons. The van der Waals surface area contributed by atoms with Gasteiger partial charge in [0, 0.05) is 20.2 Å². The van der Waals surface area contributed by atoms with Gasteiger partial charge in [-0.3, -0.25) is 0 Å². The number of ether oxygens (including phenoxy) is 1. The van der Waals surface area contributed by atoms with Gasteiger partial charge in [0.05, 0.1) is 12.1 Å². The lowest BCUT2D eigenvalue weighted by atomic mass is 10.1. The highest BCUT2D eigenvalue weighted by atomic mass is 16.5. The van der Waals surface area contributed by atoms with Gasteiger partial charge in [-0.15, -0.1) is 0 Å². The lowest BCUT2D eigenvalue weighted by Gasteiger charge is -2.30. The van der Waals surface area contributed by atoms with Crippen molar-refractivity contribution in [1.82, 2.24) is 10.2 Å². The third kappa shape index (κ3) is 5.76. The molecule has 1 aromatic rings. The van der Waals surface area contributed by atoms with Crippen molar-refractivity contribution in [3.63, 3.8) is 0 Å². The van der Waals surface area contributed by atoms with E-state index in [1.165, 1.54) is 11.1 Å². The maximum absolute atomic E-state index is 12.5. The Kier molecular flexibility index (Phi) is 6.69. The molecule has 4 heteroatoms. The summed E-state index contributed by atoms with van der Waals surface area (Å²) in [7, 11) is 1.64. The number of hydrogen-bond acceptors (Lipinski definition) is 2. The summed E-state index contributed by atoms with van der Waals surface area (Å²) in [6.07, 6.45) is 0.935. The first-order chi connectivity index (χ1) is 9.89. The smallest absolute Gasteiger partial charge is 0.318 e. The Morgan fingerprint density at radius 1 is 1.33 bits per heavy atom. The summed E-state index contributed by atoms with van der Waals surface area (Å²) in [6, 6.07) is 8.14. The second-order valence-electron chi connectivity index (χ2n) is 6.10. The Labute approximate surface area is 128 Å². The molecule has 0 heterocycles. The molecule has 1 aromatic carbocycles.